The summed E-state index contributed by atoms with van der Waals surface area (Å²) in [6.45, 7) is 0. The summed E-state index contributed by atoms with van der Waals surface area (Å²) in [4.78, 5) is 6.95. The van der Waals surface area contributed by atoms with Crippen molar-refractivity contribution in [1.82, 2.24) is 9.97 Å². The first-order valence-electron chi connectivity index (χ1n) is 6.82. The van der Waals surface area contributed by atoms with E-state index in [1.165, 1.54) is 0 Å². The molecule has 12 heteroatoms. The van der Waals surface area contributed by atoms with Gasteiger partial charge in [-0.1, -0.05) is 0 Å². The van der Waals surface area contributed by atoms with Crippen molar-refractivity contribution in [2.24, 2.45) is 0 Å². The van der Waals surface area contributed by atoms with Gasteiger partial charge in [-0.2, -0.15) is 26.3 Å². The van der Waals surface area contributed by atoms with Crippen LogP contribution < -0.4 is 0 Å². The van der Waals surface area contributed by atoms with Gasteiger partial charge in [0, 0.05) is 14.5 Å². The number of H-pyrrole nitrogens is 1. The molecule has 0 atom stereocenters. The van der Waals surface area contributed by atoms with Crippen LogP contribution in [-0.4, -0.2) is 9.97 Å². The molecule has 2 nitrogen and oxygen atoms in total. The van der Waals surface area contributed by atoms with Crippen molar-refractivity contribution in [3.63, 3.8) is 0 Å². The summed E-state index contributed by atoms with van der Waals surface area (Å²) >= 11 is 13.3. The van der Waals surface area contributed by atoms with E-state index in [1.807, 2.05) is 0 Å². The highest BCUT2D eigenvalue weighted by molar-refractivity contribution is 9.15. The molecule has 0 saturated heterocycles. The highest BCUT2D eigenvalue weighted by Gasteiger charge is 2.37. The summed E-state index contributed by atoms with van der Waals surface area (Å²) in [5.74, 6) is -0.131. The first-order valence-corrected chi connectivity index (χ1v) is 9.99. The van der Waals surface area contributed by atoms with Crippen LogP contribution in [0.3, 0.4) is 0 Å². The SMILES string of the molecule is FC(F)(F)c1cc(-c2nc3c(Br)c(Br)c(Br)c(Br)c3[nH]2)cc(C(F)(F)F)c1. The number of fused-ring (bicyclic) bond motifs is 1. The van der Waals surface area contributed by atoms with Crippen LogP contribution in [0.5, 0.6) is 0 Å². The molecule has 27 heavy (non-hydrogen) atoms. The molecule has 3 aromatic rings. The van der Waals surface area contributed by atoms with Gasteiger partial charge in [-0.05, 0) is 81.9 Å². The zero-order valence-electron chi connectivity index (χ0n) is 12.5. The van der Waals surface area contributed by atoms with E-state index < -0.39 is 23.5 Å². The van der Waals surface area contributed by atoms with E-state index in [0.717, 1.165) is 0 Å². The second kappa shape index (κ2) is 7.03. The van der Waals surface area contributed by atoms with Crippen molar-refractivity contribution in [1.29, 1.82) is 0 Å². The Bertz CT molecular complexity index is 978. The van der Waals surface area contributed by atoms with Crippen LogP contribution in [0.25, 0.3) is 22.4 Å². The number of benzene rings is 2. The maximum Gasteiger partial charge on any atom is 0.416 e. The van der Waals surface area contributed by atoms with Crippen molar-refractivity contribution in [2.45, 2.75) is 12.4 Å². The standard InChI is InChI=1S/C15H4Br4F6N2/c16-7-8(17)10(19)12-11(9(7)18)26-13(27-12)4-1-5(14(20,21)22)3-6(2-4)15(23,24)25/h1-3H,(H,26,27). The number of nitrogens with zero attached hydrogens (tertiary/aromatic N) is 1. The van der Waals surface area contributed by atoms with E-state index in [4.69, 9.17) is 0 Å². The molecule has 0 aliphatic rings. The van der Waals surface area contributed by atoms with Gasteiger partial charge in [-0.25, -0.2) is 4.98 Å². The van der Waals surface area contributed by atoms with Crippen LogP contribution in [0.1, 0.15) is 11.1 Å². The molecule has 3 rings (SSSR count). The van der Waals surface area contributed by atoms with Crippen LogP contribution in [0, 0.1) is 0 Å². The predicted octanol–water partition coefficient (Wildman–Crippen LogP) is 8.32. The fourth-order valence-electron chi connectivity index (χ4n) is 2.33. The monoisotopic (exact) mass is 642 g/mol. The van der Waals surface area contributed by atoms with Crippen molar-refractivity contribution in [3.8, 4) is 11.4 Å². The molecule has 0 fully saturated rings. The number of aromatic amines is 1. The molecule has 0 aliphatic carbocycles. The molecule has 1 N–H and O–H groups in total. The Labute approximate surface area is 181 Å². The van der Waals surface area contributed by atoms with Gasteiger partial charge in [0.05, 0.1) is 25.6 Å². The van der Waals surface area contributed by atoms with Gasteiger partial charge in [-0.3, -0.25) is 0 Å². The number of rotatable bonds is 1. The van der Waals surface area contributed by atoms with Gasteiger partial charge in [0.15, 0.2) is 0 Å². The van der Waals surface area contributed by atoms with Crippen molar-refractivity contribution in [3.05, 3.63) is 47.2 Å². The third-order valence-corrected chi connectivity index (χ3v) is 8.32. The molecule has 1 aromatic heterocycles. The summed E-state index contributed by atoms with van der Waals surface area (Å²) in [6, 6.07) is 1.32. The Morgan fingerprint density at radius 2 is 1.19 bits per heavy atom. The number of hydrogen-bond donors (Lipinski definition) is 1. The van der Waals surface area contributed by atoms with Crippen LogP contribution in [0.15, 0.2) is 36.1 Å². The topological polar surface area (TPSA) is 28.7 Å². The molecule has 0 saturated carbocycles. The lowest BCUT2D eigenvalue weighted by atomic mass is 10.0. The number of halogens is 10. The van der Waals surface area contributed by atoms with Gasteiger partial charge >= 0.3 is 12.4 Å². The van der Waals surface area contributed by atoms with E-state index in [1.54, 1.807) is 0 Å². The zero-order valence-corrected chi connectivity index (χ0v) is 18.8. The number of alkyl halides is 6. The maximum absolute atomic E-state index is 13.1. The van der Waals surface area contributed by atoms with E-state index in [-0.39, 0.29) is 17.5 Å². The molecule has 0 bridgehead atoms. The molecule has 2 aromatic carbocycles. The Kier molecular flexibility index (Phi) is 5.50. The zero-order chi connectivity index (χ0) is 20.3. The lowest BCUT2D eigenvalue weighted by Crippen LogP contribution is -2.11. The molecule has 1 heterocycles. The number of nitrogens with one attached hydrogen (secondary N) is 1. The average Bonchev–Trinajstić information content (AvgIpc) is 3.01. The predicted molar refractivity (Wildman–Crippen MR) is 102 cm³/mol. The van der Waals surface area contributed by atoms with Gasteiger partial charge < -0.3 is 4.98 Å². The Morgan fingerprint density at radius 3 is 1.67 bits per heavy atom. The van der Waals surface area contributed by atoms with Crippen molar-refractivity contribution in [2.75, 3.05) is 0 Å². The normalized spacial score (nSPS) is 12.8. The number of imidazole rings is 1. The molecular weight excluding hydrogens is 642 g/mol. The lowest BCUT2D eigenvalue weighted by molar-refractivity contribution is -0.143. The highest BCUT2D eigenvalue weighted by Crippen LogP contribution is 2.44. The summed E-state index contributed by atoms with van der Waals surface area (Å²) in [7, 11) is 0. The van der Waals surface area contributed by atoms with E-state index in [9.17, 15) is 26.3 Å². The minimum Gasteiger partial charge on any atom is -0.337 e. The third-order valence-electron chi connectivity index (χ3n) is 3.57. The second-order valence-electron chi connectivity index (χ2n) is 5.36. The van der Waals surface area contributed by atoms with E-state index in [0.29, 0.717) is 41.1 Å². The van der Waals surface area contributed by atoms with Crippen LogP contribution in [0.4, 0.5) is 26.3 Å². The maximum atomic E-state index is 13.1. The van der Waals surface area contributed by atoms with Crippen LogP contribution in [0.2, 0.25) is 0 Å². The third kappa shape index (κ3) is 3.95. The summed E-state index contributed by atoms with van der Waals surface area (Å²) in [5.41, 5.74) is -2.42. The first kappa shape index (κ1) is 21.1. The highest BCUT2D eigenvalue weighted by atomic mass is 79.9. The largest absolute Gasteiger partial charge is 0.416 e. The van der Waals surface area contributed by atoms with E-state index >= 15 is 0 Å². The Hall–Kier alpha value is -0.590. The smallest absolute Gasteiger partial charge is 0.337 e. The number of aromatic nitrogens is 2. The molecule has 0 aliphatic heterocycles. The molecule has 0 spiro atoms. The molecule has 0 amide bonds. The number of hydrogen-bond acceptors (Lipinski definition) is 1. The Morgan fingerprint density at radius 1 is 0.704 bits per heavy atom. The Balaban J connectivity index is 2.31. The van der Waals surface area contributed by atoms with Crippen LogP contribution in [-0.2, 0) is 12.4 Å². The van der Waals surface area contributed by atoms with Gasteiger partial charge in [0.2, 0.25) is 0 Å². The second-order valence-corrected chi connectivity index (χ2v) is 8.53. The van der Waals surface area contributed by atoms with Crippen LogP contribution >= 0.6 is 63.7 Å². The fraction of sp³-hybridized carbons (Fsp3) is 0.133. The molecule has 0 unspecified atom stereocenters. The van der Waals surface area contributed by atoms with Crippen molar-refractivity contribution >= 4 is 74.8 Å². The molecule has 144 valence electrons. The molecule has 0 radical (unpaired) electrons. The van der Waals surface area contributed by atoms with Gasteiger partial charge in [-0.15, -0.1) is 0 Å². The lowest BCUT2D eigenvalue weighted by Gasteiger charge is -2.13. The first-order chi connectivity index (χ1) is 12.3. The minimum atomic E-state index is -4.94. The minimum absolute atomic E-state index is 0.0746. The van der Waals surface area contributed by atoms with Gasteiger partial charge in [0.1, 0.15) is 11.3 Å². The fourth-order valence-corrected chi connectivity index (χ4v) is 4.61. The quantitative estimate of drug-likeness (QED) is 0.161. The average molecular weight is 646 g/mol. The van der Waals surface area contributed by atoms with Gasteiger partial charge in [0.25, 0.3) is 0 Å². The van der Waals surface area contributed by atoms with E-state index in [2.05, 4.69) is 73.7 Å². The summed E-state index contributed by atoms with van der Waals surface area (Å²) in [6.07, 6.45) is -9.87. The summed E-state index contributed by atoms with van der Waals surface area (Å²) in [5, 5.41) is 0. The van der Waals surface area contributed by atoms with Crippen molar-refractivity contribution < 1.29 is 26.3 Å². The summed E-state index contributed by atoms with van der Waals surface area (Å²) < 4.78 is 80.6. The molecular formula is C15H4Br4F6N2.